The van der Waals surface area contributed by atoms with Crippen LogP contribution in [0.3, 0.4) is 0 Å². The van der Waals surface area contributed by atoms with Crippen molar-refractivity contribution in [1.29, 1.82) is 0 Å². The molecule has 0 aliphatic carbocycles. The summed E-state index contributed by atoms with van der Waals surface area (Å²) in [7, 11) is 1.54. The molecule has 0 unspecified atom stereocenters. The second-order valence-electron chi connectivity index (χ2n) is 6.02. The van der Waals surface area contributed by atoms with Gasteiger partial charge in [0.05, 0.1) is 32.5 Å². The van der Waals surface area contributed by atoms with Crippen molar-refractivity contribution in [2.75, 3.05) is 46.6 Å². The molecule has 0 aliphatic heterocycles. The summed E-state index contributed by atoms with van der Waals surface area (Å²) in [5, 5.41) is 18.1. The average Bonchev–Trinajstić information content (AvgIpc) is 2.71. The summed E-state index contributed by atoms with van der Waals surface area (Å²) in [4.78, 5) is 14.8. The van der Waals surface area contributed by atoms with Gasteiger partial charge in [0.25, 0.3) is 0 Å². The molecular weight excluding hydrogens is 346 g/mol. The third-order valence-corrected chi connectivity index (χ3v) is 4.18. The summed E-state index contributed by atoms with van der Waals surface area (Å²) in [5.74, 6) is 0.829. The van der Waals surface area contributed by atoms with Crippen molar-refractivity contribution in [1.82, 2.24) is 4.90 Å². The lowest BCUT2D eigenvalue weighted by Gasteiger charge is -2.20. The van der Waals surface area contributed by atoms with Crippen LogP contribution in [0.1, 0.15) is 22.3 Å². The van der Waals surface area contributed by atoms with E-state index < -0.39 is 0 Å². The van der Waals surface area contributed by atoms with Crippen LogP contribution in [0.5, 0.6) is 11.5 Å². The summed E-state index contributed by atoms with van der Waals surface area (Å²) < 4.78 is 11.3. The van der Waals surface area contributed by atoms with Gasteiger partial charge in [-0.25, -0.2) is 0 Å². The molecule has 2 rings (SSSR count). The van der Waals surface area contributed by atoms with Crippen LogP contribution >= 0.6 is 0 Å². The largest absolute Gasteiger partial charge is 0.493 e. The first-order valence-electron chi connectivity index (χ1n) is 9.05. The number of carbonyl (C=O) groups excluding carboxylic acids is 1. The molecule has 2 aromatic carbocycles. The number of methoxy groups -OCH3 is 1. The Hall–Kier alpha value is -2.41. The maximum Gasteiger partial charge on any atom is 0.196 e. The third kappa shape index (κ3) is 6.06. The normalized spacial score (nSPS) is 10.8. The monoisotopic (exact) mass is 373 g/mol. The van der Waals surface area contributed by atoms with Gasteiger partial charge in [-0.1, -0.05) is 36.4 Å². The van der Waals surface area contributed by atoms with E-state index >= 15 is 0 Å². The Kier molecular flexibility index (Phi) is 8.77. The molecule has 27 heavy (non-hydrogen) atoms. The minimum absolute atomic E-state index is 0.0447. The number of aliphatic hydroxyl groups excluding tert-OH is 2. The first kappa shape index (κ1) is 20.9. The zero-order valence-corrected chi connectivity index (χ0v) is 15.6. The Morgan fingerprint density at radius 2 is 1.67 bits per heavy atom. The lowest BCUT2D eigenvalue weighted by atomic mass is 10.0. The molecule has 2 aromatic rings. The minimum Gasteiger partial charge on any atom is -0.493 e. The zero-order chi connectivity index (χ0) is 19.5. The van der Waals surface area contributed by atoms with Crippen molar-refractivity contribution in [2.45, 2.75) is 6.42 Å². The SMILES string of the molecule is COc1cccc(C(=O)c2ccccc2)c1OCCCN(CCO)CCO. The second kappa shape index (κ2) is 11.3. The number of para-hydroxylation sites is 1. The Balaban J connectivity index is 2.08. The Bertz CT molecular complexity index is 699. The summed E-state index contributed by atoms with van der Waals surface area (Å²) in [6.45, 7) is 2.17. The quantitative estimate of drug-likeness (QED) is 0.438. The van der Waals surface area contributed by atoms with Crippen LogP contribution in [0.2, 0.25) is 0 Å². The van der Waals surface area contributed by atoms with Crippen molar-refractivity contribution < 1.29 is 24.5 Å². The number of hydrogen-bond acceptors (Lipinski definition) is 6. The molecule has 6 nitrogen and oxygen atoms in total. The topological polar surface area (TPSA) is 79.2 Å². The predicted molar refractivity (Wildman–Crippen MR) is 104 cm³/mol. The van der Waals surface area contributed by atoms with Crippen molar-refractivity contribution in [2.24, 2.45) is 0 Å². The molecule has 0 saturated heterocycles. The fraction of sp³-hybridized carbons (Fsp3) is 0.381. The summed E-state index contributed by atoms with van der Waals surface area (Å²) in [6.07, 6.45) is 0.691. The fourth-order valence-corrected chi connectivity index (χ4v) is 2.83. The zero-order valence-electron chi connectivity index (χ0n) is 15.6. The van der Waals surface area contributed by atoms with Gasteiger partial charge in [-0.2, -0.15) is 0 Å². The van der Waals surface area contributed by atoms with Crippen LogP contribution in [-0.4, -0.2) is 67.5 Å². The van der Waals surface area contributed by atoms with Gasteiger partial charge in [0.2, 0.25) is 0 Å². The van der Waals surface area contributed by atoms with E-state index in [0.29, 0.717) is 55.3 Å². The van der Waals surface area contributed by atoms with Gasteiger partial charge in [-0.15, -0.1) is 0 Å². The van der Waals surface area contributed by atoms with Gasteiger partial charge >= 0.3 is 0 Å². The maximum absolute atomic E-state index is 12.8. The lowest BCUT2D eigenvalue weighted by Crippen LogP contribution is -2.31. The van der Waals surface area contributed by atoms with Gasteiger partial charge in [0.1, 0.15) is 0 Å². The van der Waals surface area contributed by atoms with E-state index in [4.69, 9.17) is 19.7 Å². The van der Waals surface area contributed by atoms with Gasteiger partial charge in [0.15, 0.2) is 17.3 Å². The summed E-state index contributed by atoms with van der Waals surface area (Å²) in [6, 6.07) is 14.3. The van der Waals surface area contributed by atoms with Gasteiger partial charge < -0.3 is 19.7 Å². The Morgan fingerprint density at radius 1 is 0.963 bits per heavy atom. The number of aliphatic hydroxyl groups is 2. The average molecular weight is 373 g/mol. The van der Waals surface area contributed by atoms with E-state index in [1.807, 2.05) is 23.1 Å². The molecule has 2 N–H and O–H groups in total. The predicted octanol–water partition coefficient (Wildman–Crippen LogP) is 1.98. The molecule has 0 heterocycles. The molecule has 0 radical (unpaired) electrons. The highest BCUT2D eigenvalue weighted by Crippen LogP contribution is 2.32. The van der Waals surface area contributed by atoms with E-state index in [-0.39, 0.29) is 19.0 Å². The van der Waals surface area contributed by atoms with Crippen LogP contribution in [0, 0.1) is 0 Å². The van der Waals surface area contributed by atoms with Crippen LogP contribution in [0.4, 0.5) is 0 Å². The molecule has 6 heteroatoms. The number of carbonyl (C=O) groups is 1. The van der Waals surface area contributed by atoms with Crippen molar-refractivity contribution >= 4 is 5.78 Å². The van der Waals surface area contributed by atoms with Gasteiger partial charge in [-0.05, 0) is 18.6 Å². The fourth-order valence-electron chi connectivity index (χ4n) is 2.83. The smallest absolute Gasteiger partial charge is 0.196 e. The van der Waals surface area contributed by atoms with E-state index in [9.17, 15) is 4.79 Å². The maximum atomic E-state index is 12.8. The van der Waals surface area contributed by atoms with Gasteiger partial charge in [-0.3, -0.25) is 9.69 Å². The van der Waals surface area contributed by atoms with E-state index in [1.54, 1.807) is 37.4 Å². The number of rotatable bonds is 12. The molecule has 0 amide bonds. The third-order valence-electron chi connectivity index (χ3n) is 4.18. The molecule has 0 spiro atoms. The number of ketones is 1. The first-order chi connectivity index (χ1) is 13.2. The van der Waals surface area contributed by atoms with E-state index in [2.05, 4.69) is 0 Å². The summed E-state index contributed by atoms with van der Waals surface area (Å²) in [5.41, 5.74) is 1.05. The molecule has 0 atom stereocenters. The Morgan fingerprint density at radius 3 is 2.30 bits per heavy atom. The molecular formula is C21H27NO5. The van der Waals surface area contributed by atoms with E-state index in [0.717, 1.165) is 0 Å². The number of nitrogens with zero attached hydrogens (tertiary/aromatic N) is 1. The highest BCUT2D eigenvalue weighted by atomic mass is 16.5. The Labute approximate surface area is 160 Å². The van der Waals surface area contributed by atoms with Crippen molar-refractivity contribution in [3.05, 3.63) is 59.7 Å². The summed E-state index contributed by atoms with van der Waals surface area (Å²) >= 11 is 0. The first-order valence-corrected chi connectivity index (χ1v) is 9.05. The van der Waals surface area contributed by atoms with Crippen molar-refractivity contribution in [3.8, 4) is 11.5 Å². The highest BCUT2D eigenvalue weighted by molar-refractivity contribution is 6.11. The number of benzene rings is 2. The number of ether oxygens (including phenoxy) is 2. The number of hydrogen-bond donors (Lipinski definition) is 2. The minimum atomic E-state index is -0.119. The van der Waals surface area contributed by atoms with E-state index in [1.165, 1.54) is 0 Å². The molecule has 146 valence electrons. The van der Waals surface area contributed by atoms with Crippen molar-refractivity contribution in [3.63, 3.8) is 0 Å². The second-order valence-corrected chi connectivity index (χ2v) is 6.02. The lowest BCUT2D eigenvalue weighted by molar-refractivity contribution is 0.103. The van der Waals surface area contributed by atoms with Crippen LogP contribution in [0.25, 0.3) is 0 Å². The molecule has 0 aromatic heterocycles. The highest BCUT2D eigenvalue weighted by Gasteiger charge is 2.18. The molecule has 0 aliphatic rings. The molecule has 0 bridgehead atoms. The van der Waals surface area contributed by atoms with Crippen LogP contribution < -0.4 is 9.47 Å². The van der Waals surface area contributed by atoms with Crippen LogP contribution in [-0.2, 0) is 0 Å². The molecule has 0 saturated carbocycles. The molecule has 0 fully saturated rings. The standard InChI is InChI=1S/C21H27NO5/c1-26-19-10-5-9-18(20(25)17-7-3-2-4-8-17)21(19)27-16-6-11-22(12-14-23)13-15-24/h2-5,7-10,23-24H,6,11-16H2,1H3. The van der Waals surface area contributed by atoms with Gasteiger partial charge in [0, 0.05) is 25.2 Å². The van der Waals surface area contributed by atoms with Crippen LogP contribution in [0.15, 0.2) is 48.5 Å².